The van der Waals surface area contributed by atoms with E-state index in [0.29, 0.717) is 18.8 Å². The number of carbonyl (C=O) groups excluding carboxylic acids is 1. The predicted molar refractivity (Wildman–Crippen MR) is 93.4 cm³/mol. The lowest BCUT2D eigenvalue weighted by molar-refractivity contribution is -0.116. The summed E-state index contributed by atoms with van der Waals surface area (Å²) >= 11 is 0. The largest absolute Gasteiger partial charge is 0.489 e. The summed E-state index contributed by atoms with van der Waals surface area (Å²) in [6.07, 6.45) is 5.77. The van der Waals surface area contributed by atoms with Crippen LogP contribution in [0.15, 0.2) is 54.1 Å². The number of ketones is 1. The molecule has 0 N–H and O–H groups in total. The molecule has 0 heterocycles. The molecule has 23 heavy (non-hydrogen) atoms. The van der Waals surface area contributed by atoms with Gasteiger partial charge in [-0.05, 0) is 61.1 Å². The molecule has 2 nitrogen and oxygen atoms in total. The van der Waals surface area contributed by atoms with Crippen LogP contribution < -0.4 is 4.74 Å². The highest BCUT2D eigenvalue weighted by molar-refractivity contribution is 6.00. The number of hydrogen-bond acceptors (Lipinski definition) is 2. The van der Waals surface area contributed by atoms with Crippen molar-refractivity contribution in [1.82, 2.24) is 0 Å². The van der Waals surface area contributed by atoms with E-state index in [9.17, 15) is 4.79 Å². The predicted octanol–water partition coefficient (Wildman–Crippen LogP) is 5.10. The molecule has 2 aromatic rings. The normalized spacial score (nSPS) is 16.6. The summed E-state index contributed by atoms with van der Waals surface area (Å²) in [5.74, 6) is 1.15. The maximum atomic E-state index is 11.9. The number of Topliss-reactive ketones (excluding diaryl/α,β-unsaturated/α-hetero) is 1. The van der Waals surface area contributed by atoms with Crippen molar-refractivity contribution in [2.24, 2.45) is 0 Å². The Labute approximate surface area is 137 Å². The molecule has 0 unspecified atom stereocenters. The van der Waals surface area contributed by atoms with Crippen LogP contribution in [-0.4, -0.2) is 5.78 Å². The first-order valence-electron chi connectivity index (χ1n) is 8.23. The van der Waals surface area contributed by atoms with Gasteiger partial charge in [-0.2, -0.15) is 0 Å². The van der Waals surface area contributed by atoms with E-state index in [0.717, 1.165) is 41.7 Å². The molecule has 1 saturated carbocycles. The van der Waals surface area contributed by atoms with Crippen LogP contribution in [0.1, 0.15) is 42.4 Å². The summed E-state index contributed by atoms with van der Waals surface area (Å²) in [5.41, 5.74) is 4.44. The van der Waals surface area contributed by atoms with Crippen LogP contribution in [0.2, 0.25) is 0 Å². The Morgan fingerprint density at radius 3 is 2.35 bits per heavy atom. The summed E-state index contributed by atoms with van der Waals surface area (Å²) in [6, 6.07) is 16.3. The van der Waals surface area contributed by atoms with Crippen LogP contribution in [-0.2, 0) is 11.4 Å². The highest BCUT2D eigenvalue weighted by Crippen LogP contribution is 2.23. The molecule has 0 bridgehead atoms. The zero-order chi connectivity index (χ0) is 16.1. The third-order valence-corrected chi connectivity index (χ3v) is 4.21. The fourth-order valence-corrected chi connectivity index (χ4v) is 2.77. The summed E-state index contributed by atoms with van der Waals surface area (Å²) < 4.78 is 5.81. The average Bonchev–Trinajstić information content (AvgIpc) is 2.58. The van der Waals surface area contributed by atoms with Gasteiger partial charge in [-0.25, -0.2) is 0 Å². The van der Waals surface area contributed by atoms with E-state index in [4.69, 9.17) is 4.74 Å². The Hall–Kier alpha value is -2.35. The zero-order valence-electron chi connectivity index (χ0n) is 13.5. The molecule has 0 amide bonds. The fraction of sp³-hybridized carbons (Fsp3) is 0.286. The fourth-order valence-electron chi connectivity index (χ4n) is 2.77. The molecule has 0 radical (unpaired) electrons. The lowest BCUT2D eigenvalue weighted by Crippen LogP contribution is -2.07. The highest BCUT2D eigenvalue weighted by Gasteiger charge is 2.14. The summed E-state index contributed by atoms with van der Waals surface area (Å²) in [7, 11) is 0. The van der Waals surface area contributed by atoms with Gasteiger partial charge in [-0.15, -0.1) is 0 Å². The smallest absolute Gasteiger partial charge is 0.158 e. The van der Waals surface area contributed by atoms with Crippen molar-refractivity contribution in [3.8, 4) is 5.75 Å². The first-order valence-corrected chi connectivity index (χ1v) is 8.23. The Morgan fingerprint density at radius 2 is 1.65 bits per heavy atom. The minimum atomic E-state index is 0.302. The molecule has 0 aromatic heterocycles. The second kappa shape index (κ2) is 7.28. The van der Waals surface area contributed by atoms with Gasteiger partial charge in [0.25, 0.3) is 0 Å². The van der Waals surface area contributed by atoms with Crippen molar-refractivity contribution in [3.05, 3.63) is 70.8 Å². The molecule has 1 aliphatic carbocycles. The zero-order valence-corrected chi connectivity index (χ0v) is 13.5. The van der Waals surface area contributed by atoms with Gasteiger partial charge in [-0.3, -0.25) is 4.79 Å². The lowest BCUT2D eigenvalue weighted by Gasteiger charge is -2.12. The van der Waals surface area contributed by atoms with Gasteiger partial charge >= 0.3 is 0 Å². The second-order valence-corrected chi connectivity index (χ2v) is 6.14. The molecule has 118 valence electrons. The maximum absolute atomic E-state index is 11.9. The first-order chi connectivity index (χ1) is 11.2. The number of carbonyl (C=O) groups is 1. The van der Waals surface area contributed by atoms with Gasteiger partial charge < -0.3 is 4.74 Å². The topological polar surface area (TPSA) is 26.3 Å². The van der Waals surface area contributed by atoms with Crippen molar-refractivity contribution >= 4 is 11.9 Å². The first kappa shape index (κ1) is 15.5. The number of hydrogen-bond donors (Lipinski definition) is 0. The van der Waals surface area contributed by atoms with E-state index in [1.165, 1.54) is 5.56 Å². The molecule has 1 fully saturated rings. The van der Waals surface area contributed by atoms with Gasteiger partial charge in [0.2, 0.25) is 0 Å². The van der Waals surface area contributed by atoms with Crippen LogP contribution in [0.25, 0.3) is 6.08 Å². The van der Waals surface area contributed by atoms with E-state index in [1.54, 1.807) is 0 Å². The molecule has 0 spiro atoms. The maximum Gasteiger partial charge on any atom is 0.158 e. The number of ether oxygens (including phenoxy) is 1. The molecule has 0 saturated heterocycles. The minimum Gasteiger partial charge on any atom is -0.489 e. The SMILES string of the molecule is Cc1ccc(COc2ccc(C=C3CCCCC3=O)cc2)cc1. The standard InChI is InChI=1S/C21H22O2/c1-16-6-8-18(9-7-16)15-23-20-12-10-17(11-13-20)14-19-4-2-3-5-21(19)22/h6-14H,2-5,15H2,1H3. The quantitative estimate of drug-likeness (QED) is 0.734. The van der Waals surface area contributed by atoms with E-state index in [2.05, 4.69) is 31.2 Å². The van der Waals surface area contributed by atoms with Gasteiger partial charge in [0.05, 0.1) is 0 Å². The van der Waals surface area contributed by atoms with Crippen LogP contribution >= 0.6 is 0 Å². The molecule has 2 aromatic carbocycles. The molecular formula is C21H22O2. The van der Waals surface area contributed by atoms with Crippen LogP contribution in [0.4, 0.5) is 0 Å². The number of aryl methyl sites for hydroxylation is 1. The number of allylic oxidation sites excluding steroid dienone is 1. The third kappa shape index (κ3) is 4.32. The minimum absolute atomic E-state index is 0.302. The number of rotatable bonds is 4. The van der Waals surface area contributed by atoms with Gasteiger partial charge in [0, 0.05) is 6.42 Å². The lowest BCUT2D eigenvalue weighted by atomic mass is 9.92. The van der Waals surface area contributed by atoms with Crippen molar-refractivity contribution in [2.45, 2.75) is 39.2 Å². The van der Waals surface area contributed by atoms with Gasteiger partial charge in [-0.1, -0.05) is 42.0 Å². The average molecular weight is 306 g/mol. The van der Waals surface area contributed by atoms with Crippen molar-refractivity contribution in [1.29, 1.82) is 0 Å². The highest BCUT2D eigenvalue weighted by atomic mass is 16.5. The third-order valence-electron chi connectivity index (χ3n) is 4.21. The summed E-state index contributed by atoms with van der Waals surface area (Å²) in [6.45, 7) is 2.65. The van der Waals surface area contributed by atoms with Crippen LogP contribution in [0.5, 0.6) is 5.75 Å². The summed E-state index contributed by atoms with van der Waals surface area (Å²) in [5, 5.41) is 0. The van der Waals surface area contributed by atoms with Gasteiger partial charge in [0.15, 0.2) is 5.78 Å². The second-order valence-electron chi connectivity index (χ2n) is 6.14. The van der Waals surface area contributed by atoms with Gasteiger partial charge in [0.1, 0.15) is 12.4 Å². The van der Waals surface area contributed by atoms with Crippen LogP contribution in [0, 0.1) is 6.92 Å². The van der Waals surface area contributed by atoms with E-state index in [-0.39, 0.29) is 0 Å². The summed E-state index contributed by atoms with van der Waals surface area (Å²) in [4.78, 5) is 11.9. The molecule has 0 aliphatic heterocycles. The monoisotopic (exact) mass is 306 g/mol. The Kier molecular flexibility index (Phi) is 4.92. The van der Waals surface area contributed by atoms with Crippen molar-refractivity contribution < 1.29 is 9.53 Å². The molecule has 2 heteroatoms. The molecule has 3 rings (SSSR count). The Morgan fingerprint density at radius 1 is 0.957 bits per heavy atom. The van der Waals surface area contributed by atoms with Crippen LogP contribution in [0.3, 0.4) is 0 Å². The van der Waals surface area contributed by atoms with Crippen molar-refractivity contribution in [2.75, 3.05) is 0 Å². The molecular weight excluding hydrogens is 284 g/mol. The molecule has 1 aliphatic rings. The van der Waals surface area contributed by atoms with Crippen molar-refractivity contribution in [3.63, 3.8) is 0 Å². The van der Waals surface area contributed by atoms with E-state index < -0.39 is 0 Å². The van der Waals surface area contributed by atoms with E-state index in [1.807, 2.05) is 30.3 Å². The number of benzene rings is 2. The Balaban J connectivity index is 1.61. The van der Waals surface area contributed by atoms with E-state index >= 15 is 0 Å². The Bertz CT molecular complexity index is 694. The molecule has 0 atom stereocenters.